The molecule has 14 heavy (non-hydrogen) atoms. The second kappa shape index (κ2) is 4.24. The van der Waals surface area contributed by atoms with E-state index in [1.807, 2.05) is 0 Å². The summed E-state index contributed by atoms with van der Waals surface area (Å²) >= 11 is 0. The zero-order valence-corrected chi connectivity index (χ0v) is 8.36. The molecule has 1 aliphatic rings. The fourth-order valence-electron chi connectivity index (χ4n) is 1.66. The minimum Gasteiger partial charge on any atom is -0.330 e. The topological polar surface area (TPSA) is 26.0 Å². The molecule has 1 fully saturated rings. The Labute approximate surface area is 87.7 Å². The molecule has 0 unspecified atom stereocenters. The molecule has 4 heteroatoms. The smallest absolute Gasteiger partial charge is 0.159 e. The van der Waals surface area contributed by atoms with Crippen LogP contribution in [0.5, 0.6) is 0 Å². The Balaban J connectivity index is 0.000000980. The number of nitrogens with two attached hydrogens (primary N) is 1. The number of hydrogen-bond acceptors (Lipinski definition) is 1. The van der Waals surface area contributed by atoms with Crippen molar-refractivity contribution in [3.63, 3.8) is 0 Å². The van der Waals surface area contributed by atoms with Crippen LogP contribution in [0.3, 0.4) is 0 Å². The van der Waals surface area contributed by atoms with Gasteiger partial charge in [-0.05, 0) is 42.5 Å². The first-order chi connectivity index (χ1) is 6.22. The van der Waals surface area contributed by atoms with Crippen LogP contribution < -0.4 is 5.73 Å². The molecule has 2 N–H and O–H groups in total. The predicted molar refractivity (Wildman–Crippen MR) is 53.5 cm³/mol. The first-order valence-corrected chi connectivity index (χ1v) is 4.37. The van der Waals surface area contributed by atoms with Crippen LogP contribution in [-0.2, 0) is 0 Å². The van der Waals surface area contributed by atoms with Gasteiger partial charge in [0.1, 0.15) is 0 Å². The Morgan fingerprint density at radius 2 is 2.00 bits per heavy atom. The Hall–Kier alpha value is -0.670. The lowest BCUT2D eigenvalue weighted by Crippen LogP contribution is -2.02. The largest absolute Gasteiger partial charge is 0.330 e. The van der Waals surface area contributed by atoms with E-state index in [0.29, 0.717) is 18.4 Å². The SMILES string of the molecule is Cl.NC[C@H]1C[C@@H]1c1ccc(F)c(F)c1. The average Bonchev–Trinajstić information content (AvgIpc) is 2.88. The highest BCUT2D eigenvalue weighted by Gasteiger charge is 2.37. The van der Waals surface area contributed by atoms with Crippen LogP contribution in [-0.4, -0.2) is 6.54 Å². The first kappa shape index (κ1) is 11.4. The molecule has 1 saturated carbocycles. The van der Waals surface area contributed by atoms with Crippen LogP contribution in [0.4, 0.5) is 8.78 Å². The number of halogens is 3. The molecule has 1 aromatic carbocycles. The van der Waals surface area contributed by atoms with Crippen molar-refractivity contribution in [1.29, 1.82) is 0 Å². The van der Waals surface area contributed by atoms with Crippen LogP contribution in [0.1, 0.15) is 17.9 Å². The van der Waals surface area contributed by atoms with E-state index in [-0.39, 0.29) is 12.4 Å². The first-order valence-electron chi connectivity index (χ1n) is 4.37. The molecule has 0 amide bonds. The maximum Gasteiger partial charge on any atom is 0.159 e. The summed E-state index contributed by atoms with van der Waals surface area (Å²) in [7, 11) is 0. The molecule has 0 spiro atoms. The highest BCUT2D eigenvalue weighted by molar-refractivity contribution is 5.85. The molecular weight excluding hydrogens is 208 g/mol. The van der Waals surface area contributed by atoms with Gasteiger partial charge in [0.2, 0.25) is 0 Å². The highest BCUT2D eigenvalue weighted by atomic mass is 35.5. The Kier molecular flexibility index (Phi) is 3.45. The van der Waals surface area contributed by atoms with Gasteiger partial charge in [-0.1, -0.05) is 6.07 Å². The summed E-state index contributed by atoms with van der Waals surface area (Å²) in [4.78, 5) is 0. The normalized spacial score (nSPS) is 24.2. The third-order valence-electron chi connectivity index (χ3n) is 2.60. The van der Waals surface area contributed by atoms with Gasteiger partial charge in [-0.3, -0.25) is 0 Å². The standard InChI is InChI=1S/C10H11F2N.ClH/c11-9-2-1-6(4-10(9)12)8-3-7(8)5-13;/h1-2,4,7-8H,3,5,13H2;1H/t7-,8-;/m1./s1. The monoisotopic (exact) mass is 219 g/mol. The van der Waals surface area contributed by atoms with Gasteiger partial charge in [-0.25, -0.2) is 8.78 Å². The second-order valence-electron chi connectivity index (χ2n) is 3.51. The molecule has 2 atom stereocenters. The molecule has 1 nitrogen and oxygen atoms in total. The third-order valence-corrected chi connectivity index (χ3v) is 2.60. The summed E-state index contributed by atoms with van der Waals surface area (Å²) in [5.74, 6) is -0.737. The second-order valence-corrected chi connectivity index (χ2v) is 3.51. The summed E-state index contributed by atoms with van der Waals surface area (Å²) < 4.78 is 25.4. The van der Waals surface area contributed by atoms with Crippen LogP contribution in [0.15, 0.2) is 18.2 Å². The van der Waals surface area contributed by atoms with Crippen LogP contribution >= 0.6 is 12.4 Å². The molecule has 1 aromatic rings. The van der Waals surface area contributed by atoms with Gasteiger partial charge in [0.15, 0.2) is 11.6 Å². The van der Waals surface area contributed by atoms with Crippen molar-refractivity contribution in [1.82, 2.24) is 0 Å². The molecular formula is C10H12ClF2N. The van der Waals surface area contributed by atoms with Gasteiger partial charge in [0, 0.05) is 0 Å². The number of rotatable bonds is 2. The Morgan fingerprint density at radius 1 is 1.29 bits per heavy atom. The van der Waals surface area contributed by atoms with E-state index in [0.717, 1.165) is 12.0 Å². The van der Waals surface area contributed by atoms with Crippen molar-refractivity contribution >= 4 is 12.4 Å². The molecule has 0 radical (unpaired) electrons. The van der Waals surface area contributed by atoms with E-state index in [2.05, 4.69) is 0 Å². The minimum absolute atomic E-state index is 0. The van der Waals surface area contributed by atoms with Gasteiger partial charge in [0.05, 0.1) is 0 Å². The zero-order valence-electron chi connectivity index (χ0n) is 7.54. The van der Waals surface area contributed by atoms with Crippen molar-refractivity contribution in [2.45, 2.75) is 12.3 Å². The fourth-order valence-corrected chi connectivity index (χ4v) is 1.66. The van der Waals surface area contributed by atoms with Gasteiger partial charge >= 0.3 is 0 Å². The molecule has 0 saturated heterocycles. The van der Waals surface area contributed by atoms with E-state index >= 15 is 0 Å². The Morgan fingerprint density at radius 3 is 2.50 bits per heavy atom. The minimum atomic E-state index is -0.784. The van der Waals surface area contributed by atoms with E-state index in [4.69, 9.17) is 5.73 Å². The molecule has 0 aliphatic heterocycles. The molecule has 2 rings (SSSR count). The molecule has 0 bridgehead atoms. The summed E-state index contributed by atoms with van der Waals surface area (Å²) in [6.07, 6.45) is 1.00. The van der Waals surface area contributed by atoms with Crippen LogP contribution in [0, 0.1) is 17.6 Å². The lowest BCUT2D eigenvalue weighted by Gasteiger charge is -1.99. The number of hydrogen-bond donors (Lipinski definition) is 1. The van der Waals surface area contributed by atoms with Crippen LogP contribution in [0.2, 0.25) is 0 Å². The van der Waals surface area contributed by atoms with Crippen molar-refractivity contribution in [3.8, 4) is 0 Å². The summed E-state index contributed by atoms with van der Waals surface area (Å²) in [6.45, 7) is 0.629. The molecule has 0 aromatic heterocycles. The lowest BCUT2D eigenvalue weighted by molar-refractivity contribution is 0.507. The average molecular weight is 220 g/mol. The predicted octanol–water partition coefficient (Wildman–Crippen LogP) is 2.45. The maximum atomic E-state index is 12.8. The van der Waals surface area contributed by atoms with Gasteiger partial charge in [-0.15, -0.1) is 12.4 Å². The summed E-state index contributed by atoms with van der Waals surface area (Å²) in [5.41, 5.74) is 6.33. The molecule has 1 aliphatic carbocycles. The highest BCUT2D eigenvalue weighted by Crippen LogP contribution is 2.46. The van der Waals surface area contributed by atoms with Gasteiger partial charge < -0.3 is 5.73 Å². The van der Waals surface area contributed by atoms with Crippen molar-refractivity contribution < 1.29 is 8.78 Å². The van der Waals surface area contributed by atoms with E-state index < -0.39 is 11.6 Å². The lowest BCUT2D eigenvalue weighted by atomic mass is 10.1. The zero-order chi connectivity index (χ0) is 9.42. The quantitative estimate of drug-likeness (QED) is 0.813. The van der Waals surface area contributed by atoms with Crippen molar-refractivity contribution in [2.75, 3.05) is 6.54 Å². The van der Waals surface area contributed by atoms with Crippen molar-refractivity contribution in [3.05, 3.63) is 35.4 Å². The summed E-state index contributed by atoms with van der Waals surface area (Å²) in [6, 6.07) is 4.09. The third kappa shape index (κ3) is 2.04. The summed E-state index contributed by atoms with van der Waals surface area (Å²) in [5, 5.41) is 0. The van der Waals surface area contributed by atoms with Crippen LogP contribution in [0.25, 0.3) is 0 Å². The van der Waals surface area contributed by atoms with Gasteiger partial charge in [0.25, 0.3) is 0 Å². The molecule has 0 heterocycles. The van der Waals surface area contributed by atoms with E-state index in [9.17, 15) is 8.78 Å². The van der Waals surface area contributed by atoms with E-state index in [1.54, 1.807) is 6.07 Å². The van der Waals surface area contributed by atoms with E-state index in [1.165, 1.54) is 12.1 Å². The maximum absolute atomic E-state index is 12.8. The van der Waals surface area contributed by atoms with Crippen molar-refractivity contribution in [2.24, 2.45) is 11.7 Å². The van der Waals surface area contributed by atoms with Gasteiger partial charge in [-0.2, -0.15) is 0 Å². The fraction of sp³-hybridized carbons (Fsp3) is 0.400. The molecule has 78 valence electrons. The Bertz CT molecular complexity index is 330. The number of benzene rings is 1.